The molecule has 1 fully saturated rings. The van der Waals surface area contributed by atoms with Gasteiger partial charge in [0, 0.05) is 37.4 Å². The summed E-state index contributed by atoms with van der Waals surface area (Å²) in [4.78, 5) is 28.5. The van der Waals surface area contributed by atoms with E-state index in [0.29, 0.717) is 55.6 Å². The van der Waals surface area contributed by atoms with E-state index in [9.17, 15) is 9.59 Å². The first kappa shape index (κ1) is 21.0. The molecular weight excluding hydrogens is 430 g/mol. The fraction of sp³-hybridized carbons (Fsp3) is 0.333. The second-order valence-electron chi connectivity index (χ2n) is 8.10. The van der Waals surface area contributed by atoms with Crippen LogP contribution in [0.3, 0.4) is 0 Å². The van der Waals surface area contributed by atoms with Gasteiger partial charge >= 0.3 is 0 Å². The maximum Gasteiger partial charge on any atom is 0.257 e. The standard InChI is InChI=1S/C24H24ClN3O4/c25-18-3-1-16(2-4-18)13-26-24(30)20-15-28-7-10-32-21-12-17(11-19(22(21)28)23(20)29)14-27-5-8-31-9-6-27/h1-4,11-12,15H,5-10,13-14H2,(H,26,30). The minimum absolute atomic E-state index is 0.142. The number of hydrogen-bond acceptors (Lipinski definition) is 5. The van der Waals surface area contributed by atoms with Crippen molar-refractivity contribution in [3.63, 3.8) is 0 Å². The Morgan fingerprint density at radius 3 is 2.59 bits per heavy atom. The van der Waals surface area contributed by atoms with Gasteiger partial charge in [0.25, 0.3) is 5.91 Å². The van der Waals surface area contributed by atoms with Crippen molar-refractivity contribution in [2.24, 2.45) is 0 Å². The van der Waals surface area contributed by atoms with Crippen LogP contribution >= 0.6 is 11.6 Å². The summed E-state index contributed by atoms with van der Waals surface area (Å²) in [6, 6.07) is 11.2. The van der Waals surface area contributed by atoms with Crippen molar-refractivity contribution in [2.45, 2.75) is 19.6 Å². The highest BCUT2D eigenvalue weighted by atomic mass is 35.5. The number of benzene rings is 2. The summed E-state index contributed by atoms with van der Waals surface area (Å²) in [7, 11) is 0. The number of amides is 1. The zero-order chi connectivity index (χ0) is 22.1. The van der Waals surface area contributed by atoms with E-state index >= 15 is 0 Å². The first-order valence-electron chi connectivity index (χ1n) is 10.7. The molecule has 3 aromatic rings. The van der Waals surface area contributed by atoms with Crippen LogP contribution in [0.15, 0.2) is 47.4 Å². The van der Waals surface area contributed by atoms with E-state index in [1.165, 1.54) is 0 Å². The molecule has 3 heterocycles. The van der Waals surface area contributed by atoms with Gasteiger partial charge in [0.2, 0.25) is 5.43 Å². The quantitative estimate of drug-likeness (QED) is 0.643. The van der Waals surface area contributed by atoms with Gasteiger partial charge in [-0.25, -0.2) is 0 Å². The molecule has 0 unspecified atom stereocenters. The van der Waals surface area contributed by atoms with E-state index in [1.807, 2.05) is 28.8 Å². The van der Waals surface area contributed by atoms with Crippen molar-refractivity contribution >= 4 is 28.4 Å². The molecule has 8 heteroatoms. The van der Waals surface area contributed by atoms with Crippen LogP contribution in [0.2, 0.25) is 5.02 Å². The van der Waals surface area contributed by atoms with E-state index in [0.717, 1.165) is 29.7 Å². The number of pyridine rings is 1. The van der Waals surface area contributed by atoms with Crippen molar-refractivity contribution in [2.75, 3.05) is 32.9 Å². The Hall–Kier alpha value is -2.87. The van der Waals surface area contributed by atoms with Crippen LogP contribution in [0, 0.1) is 0 Å². The highest BCUT2D eigenvalue weighted by Gasteiger charge is 2.22. The molecule has 32 heavy (non-hydrogen) atoms. The predicted octanol–water partition coefficient (Wildman–Crippen LogP) is 2.81. The zero-order valence-electron chi connectivity index (χ0n) is 17.6. The third-order valence-electron chi connectivity index (χ3n) is 5.91. The van der Waals surface area contributed by atoms with Gasteiger partial charge in [-0.05, 0) is 35.4 Å². The first-order chi connectivity index (χ1) is 15.6. The van der Waals surface area contributed by atoms with Gasteiger partial charge < -0.3 is 19.4 Å². The second kappa shape index (κ2) is 8.94. The van der Waals surface area contributed by atoms with Crippen LogP contribution in [0.4, 0.5) is 0 Å². The van der Waals surface area contributed by atoms with E-state index < -0.39 is 0 Å². The normalized spacial score (nSPS) is 16.0. The fourth-order valence-electron chi connectivity index (χ4n) is 4.25. The molecule has 0 saturated carbocycles. The highest BCUT2D eigenvalue weighted by Crippen LogP contribution is 2.30. The number of ether oxygens (including phenoxy) is 2. The summed E-state index contributed by atoms with van der Waals surface area (Å²) < 4.78 is 13.3. The lowest BCUT2D eigenvalue weighted by molar-refractivity contribution is 0.0342. The molecule has 1 saturated heterocycles. The Morgan fingerprint density at radius 1 is 1.03 bits per heavy atom. The maximum atomic E-state index is 13.3. The molecule has 1 aromatic heterocycles. The SMILES string of the molecule is O=C(NCc1ccc(Cl)cc1)c1cn2c3c(cc(CN4CCOCC4)cc3c1=O)OCC2. The molecule has 166 valence electrons. The van der Waals surface area contributed by atoms with Gasteiger partial charge in [-0.2, -0.15) is 0 Å². The molecule has 2 aromatic carbocycles. The van der Waals surface area contributed by atoms with Crippen LogP contribution in [0.25, 0.3) is 10.9 Å². The Morgan fingerprint density at radius 2 is 1.81 bits per heavy atom. The summed E-state index contributed by atoms with van der Waals surface area (Å²) in [5.74, 6) is 0.310. The van der Waals surface area contributed by atoms with Crippen molar-refractivity contribution < 1.29 is 14.3 Å². The Labute approximate surface area is 190 Å². The predicted molar refractivity (Wildman–Crippen MR) is 122 cm³/mol. The third-order valence-corrected chi connectivity index (χ3v) is 6.16. The summed E-state index contributed by atoms with van der Waals surface area (Å²) in [6.07, 6.45) is 1.65. The monoisotopic (exact) mass is 453 g/mol. The van der Waals surface area contributed by atoms with Crippen molar-refractivity contribution in [1.29, 1.82) is 0 Å². The van der Waals surface area contributed by atoms with E-state index in [4.69, 9.17) is 21.1 Å². The molecule has 0 bridgehead atoms. The summed E-state index contributed by atoms with van der Waals surface area (Å²) >= 11 is 5.92. The molecule has 2 aliphatic rings. The lowest BCUT2D eigenvalue weighted by Crippen LogP contribution is -2.35. The molecule has 7 nitrogen and oxygen atoms in total. The molecular formula is C24H24ClN3O4. The van der Waals surface area contributed by atoms with Gasteiger partial charge in [-0.1, -0.05) is 23.7 Å². The second-order valence-corrected chi connectivity index (χ2v) is 8.54. The maximum absolute atomic E-state index is 13.3. The first-order valence-corrected chi connectivity index (χ1v) is 11.1. The number of carbonyl (C=O) groups excluding carboxylic acids is 1. The average molecular weight is 454 g/mol. The van der Waals surface area contributed by atoms with E-state index in [1.54, 1.807) is 18.3 Å². The minimum atomic E-state index is -0.387. The third kappa shape index (κ3) is 4.24. The molecule has 0 spiro atoms. The van der Waals surface area contributed by atoms with Gasteiger partial charge in [-0.15, -0.1) is 0 Å². The summed E-state index contributed by atoms with van der Waals surface area (Å²) in [6.45, 7) is 5.24. The number of nitrogens with zero attached hydrogens (tertiary/aromatic N) is 2. The van der Waals surface area contributed by atoms with Crippen molar-refractivity contribution in [3.8, 4) is 5.75 Å². The minimum Gasteiger partial charge on any atom is -0.490 e. The topological polar surface area (TPSA) is 72.8 Å². The van der Waals surface area contributed by atoms with Crippen LogP contribution in [0.1, 0.15) is 21.5 Å². The van der Waals surface area contributed by atoms with E-state index in [-0.39, 0.29) is 16.9 Å². The molecule has 0 radical (unpaired) electrons. The lowest BCUT2D eigenvalue weighted by Gasteiger charge is -2.27. The Bertz CT molecular complexity index is 1220. The molecule has 0 atom stereocenters. The molecule has 0 aliphatic carbocycles. The smallest absolute Gasteiger partial charge is 0.257 e. The molecule has 1 N–H and O–H groups in total. The van der Waals surface area contributed by atoms with Crippen LogP contribution < -0.4 is 15.5 Å². The van der Waals surface area contributed by atoms with E-state index in [2.05, 4.69) is 10.2 Å². The Kier molecular flexibility index (Phi) is 5.87. The summed E-state index contributed by atoms with van der Waals surface area (Å²) in [5, 5.41) is 4.01. The lowest BCUT2D eigenvalue weighted by atomic mass is 10.0. The average Bonchev–Trinajstić information content (AvgIpc) is 2.81. The summed E-state index contributed by atoms with van der Waals surface area (Å²) in [5.41, 5.74) is 2.52. The number of rotatable bonds is 5. The molecule has 2 aliphatic heterocycles. The molecule has 1 amide bonds. The zero-order valence-corrected chi connectivity index (χ0v) is 18.4. The number of aromatic nitrogens is 1. The fourth-order valence-corrected chi connectivity index (χ4v) is 4.37. The van der Waals surface area contributed by atoms with Crippen molar-refractivity contribution in [1.82, 2.24) is 14.8 Å². The van der Waals surface area contributed by atoms with Crippen LogP contribution in [-0.4, -0.2) is 48.3 Å². The number of nitrogens with one attached hydrogen (secondary N) is 1. The van der Waals surface area contributed by atoms with Gasteiger partial charge in [-0.3, -0.25) is 14.5 Å². The largest absolute Gasteiger partial charge is 0.490 e. The molecule has 5 rings (SSSR count). The van der Waals surface area contributed by atoms with Gasteiger partial charge in [0.05, 0.1) is 30.7 Å². The highest BCUT2D eigenvalue weighted by molar-refractivity contribution is 6.30. The number of carbonyl (C=O) groups is 1. The van der Waals surface area contributed by atoms with Crippen LogP contribution in [0.5, 0.6) is 5.75 Å². The van der Waals surface area contributed by atoms with Crippen LogP contribution in [-0.2, 0) is 24.4 Å². The number of hydrogen-bond donors (Lipinski definition) is 1. The number of halogens is 1. The van der Waals surface area contributed by atoms with Gasteiger partial charge in [0.1, 0.15) is 17.9 Å². The number of morpholine rings is 1. The Balaban J connectivity index is 1.47. The van der Waals surface area contributed by atoms with Gasteiger partial charge in [0.15, 0.2) is 0 Å². The van der Waals surface area contributed by atoms with Crippen molar-refractivity contribution in [3.05, 3.63) is 74.5 Å².